The Labute approximate surface area is 180 Å². The van der Waals surface area contributed by atoms with Crippen molar-refractivity contribution in [2.24, 2.45) is 4.99 Å². The first kappa shape index (κ1) is 20.3. The van der Waals surface area contributed by atoms with Crippen molar-refractivity contribution < 1.29 is 9.53 Å². The lowest BCUT2D eigenvalue weighted by Gasteiger charge is -2.11. The minimum Gasteiger partial charge on any atom is -0.490 e. The van der Waals surface area contributed by atoms with E-state index in [9.17, 15) is 4.79 Å². The van der Waals surface area contributed by atoms with Gasteiger partial charge < -0.3 is 10.1 Å². The highest BCUT2D eigenvalue weighted by Gasteiger charge is 2.24. The molecule has 0 spiro atoms. The third-order valence-corrected chi connectivity index (χ3v) is 5.76. The Bertz CT molecular complexity index is 961. The summed E-state index contributed by atoms with van der Waals surface area (Å²) in [5, 5.41) is 3.96. The number of thioether (sulfide) groups is 1. The molecule has 1 N–H and O–H groups in total. The van der Waals surface area contributed by atoms with Crippen molar-refractivity contribution in [3.05, 3.63) is 61.4 Å². The molecule has 0 unspecified atom stereocenters. The van der Waals surface area contributed by atoms with Crippen molar-refractivity contribution in [2.45, 2.75) is 20.0 Å². The van der Waals surface area contributed by atoms with Gasteiger partial charge in [0, 0.05) is 0 Å². The Morgan fingerprint density at radius 3 is 2.74 bits per heavy atom. The molecule has 8 heteroatoms. The number of ether oxygens (including phenoxy) is 1. The molecule has 0 saturated carbocycles. The van der Waals surface area contributed by atoms with E-state index in [2.05, 4.69) is 26.2 Å². The van der Waals surface area contributed by atoms with Crippen molar-refractivity contribution >= 4 is 73.7 Å². The number of amidine groups is 1. The zero-order chi connectivity index (χ0) is 19.6. The molecule has 0 radical (unpaired) electrons. The van der Waals surface area contributed by atoms with E-state index in [1.807, 2.05) is 32.0 Å². The Morgan fingerprint density at radius 2 is 2.04 bits per heavy atom. The maximum atomic E-state index is 12.3. The van der Waals surface area contributed by atoms with Crippen LogP contribution in [0.3, 0.4) is 0 Å². The average molecular weight is 486 g/mol. The Hall–Kier alpha value is -1.47. The van der Waals surface area contributed by atoms with Gasteiger partial charge in [-0.15, -0.1) is 0 Å². The number of hydrogen-bond acceptors (Lipinski definition) is 4. The number of amides is 1. The maximum absolute atomic E-state index is 12.3. The van der Waals surface area contributed by atoms with Gasteiger partial charge in [0.15, 0.2) is 5.17 Å². The van der Waals surface area contributed by atoms with Crippen LogP contribution in [-0.4, -0.2) is 17.2 Å². The molecule has 1 saturated heterocycles. The van der Waals surface area contributed by atoms with Crippen LogP contribution in [0.4, 0.5) is 5.69 Å². The summed E-state index contributed by atoms with van der Waals surface area (Å²) in [5.41, 5.74) is 1.38. The summed E-state index contributed by atoms with van der Waals surface area (Å²) in [4.78, 5) is 17.2. The molecule has 1 aliphatic rings. The molecule has 2 aromatic rings. The van der Waals surface area contributed by atoms with Gasteiger partial charge in [0.25, 0.3) is 5.91 Å². The second-order valence-corrected chi connectivity index (χ2v) is 8.58. The molecule has 1 aliphatic heterocycles. The molecule has 0 aliphatic carbocycles. The monoisotopic (exact) mass is 484 g/mol. The van der Waals surface area contributed by atoms with Gasteiger partial charge in [-0.05, 0) is 77.4 Å². The third kappa shape index (κ3) is 5.08. The lowest BCUT2D eigenvalue weighted by molar-refractivity contribution is -0.115. The summed E-state index contributed by atoms with van der Waals surface area (Å²) in [6, 6.07) is 10.8. The van der Waals surface area contributed by atoms with Gasteiger partial charge in [0.05, 0.1) is 31.2 Å². The first-order chi connectivity index (χ1) is 12.8. The van der Waals surface area contributed by atoms with E-state index in [1.165, 1.54) is 11.8 Å². The fraction of sp³-hybridized carbons (Fsp3) is 0.158. The summed E-state index contributed by atoms with van der Waals surface area (Å²) in [6.07, 6.45) is 1.88. The Kier molecular flexibility index (Phi) is 6.52. The van der Waals surface area contributed by atoms with Crippen molar-refractivity contribution in [3.63, 3.8) is 0 Å². The van der Waals surface area contributed by atoms with Crippen LogP contribution in [0.25, 0.3) is 6.08 Å². The number of nitrogens with one attached hydrogen (secondary N) is 1. The van der Waals surface area contributed by atoms with E-state index in [0.717, 1.165) is 15.8 Å². The molecule has 3 rings (SSSR count). The molecule has 1 amide bonds. The number of rotatable bonds is 4. The average Bonchev–Trinajstić information content (AvgIpc) is 2.93. The summed E-state index contributed by atoms with van der Waals surface area (Å²) < 4.78 is 6.53. The van der Waals surface area contributed by atoms with Crippen LogP contribution in [-0.2, 0) is 4.79 Å². The van der Waals surface area contributed by atoms with Crippen LogP contribution in [0.5, 0.6) is 5.75 Å². The van der Waals surface area contributed by atoms with Crippen LogP contribution in [0.1, 0.15) is 19.4 Å². The summed E-state index contributed by atoms with van der Waals surface area (Å²) in [5.74, 6) is 0.545. The topological polar surface area (TPSA) is 50.7 Å². The quantitative estimate of drug-likeness (QED) is 0.507. The second kappa shape index (κ2) is 8.69. The van der Waals surface area contributed by atoms with E-state index >= 15 is 0 Å². The lowest BCUT2D eigenvalue weighted by Crippen LogP contribution is -2.19. The fourth-order valence-electron chi connectivity index (χ4n) is 2.28. The van der Waals surface area contributed by atoms with Gasteiger partial charge >= 0.3 is 0 Å². The van der Waals surface area contributed by atoms with Gasteiger partial charge in [0.2, 0.25) is 0 Å². The first-order valence-corrected chi connectivity index (χ1v) is 10.4. The molecule has 27 heavy (non-hydrogen) atoms. The Morgan fingerprint density at radius 1 is 1.26 bits per heavy atom. The second-order valence-electron chi connectivity index (χ2n) is 5.91. The van der Waals surface area contributed by atoms with Crippen LogP contribution in [0.15, 0.2) is 50.8 Å². The molecule has 1 heterocycles. The van der Waals surface area contributed by atoms with Gasteiger partial charge in [-0.3, -0.25) is 4.79 Å². The predicted octanol–water partition coefficient (Wildman–Crippen LogP) is 6.43. The van der Waals surface area contributed by atoms with Crippen LogP contribution in [0, 0.1) is 0 Å². The summed E-state index contributed by atoms with van der Waals surface area (Å²) in [6.45, 7) is 3.93. The Balaban J connectivity index is 1.82. The fourth-order valence-corrected chi connectivity index (χ4v) is 3.94. The van der Waals surface area contributed by atoms with Crippen LogP contribution < -0.4 is 10.1 Å². The van der Waals surface area contributed by atoms with Gasteiger partial charge in [-0.25, -0.2) is 4.99 Å². The van der Waals surface area contributed by atoms with E-state index in [4.69, 9.17) is 27.9 Å². The van der Waals surface area contributed by atoms with E-state index in [1.54, 1.807) is 24.3 Å². The summed E-state index contributed by atoms with van der Waals surface area (Å²) >= 11 is 16.9. The lowest BCUT2D eigenvalue weighted by atomic mass is 10.2. The van der Waals surface area contributed by atoms with E-state index < -0.39 is 0 Å². The number of hydrogen-bond donors (Lipinski definition) is 1. The van der Waals surface area contributed by atoms with E-state index in [0.29, 0.717) is 25.8 Å². The van der Waals surface area contributed by atoms with Crippen molar-refractivity contribution in [1.29, 1.82) is 0 Å². The predicted molar refractivity (Wildman–Crippen MR) is 117 cm³/mol. The number of aliphatic imine (C=N–C) groups is 1. The highest BCUT2D eigenvalue weighted by molar-refractivity contribution is 9.10. The highest BCUT2D eigenvalue weighted by Crippen LogP contribution is 2.35. The van der Waals surface area contributed by atoms with Crippen LogP contribution in [0.2, 0.25) is 10.0 Å². The van der Waals surface area contributed by atoms with E-state index in [-0.39, 0.29) is 12.0 Å². The zero-order valence-corrected chi connectivity index (χ0v) is 18.3. The highest BCUT2D eigenvalue weighted by atomic mass is 79.9. The summed E-state index contributed by atoms with van der Waals surface area (Å²) in [7, 11) is 0. The third-order valence-electron chi connectivity index (χ3n) is 3.42. The maximum Gasteiger partial charge on any atom is 0.264 e. The molecule has 1 fully saturated rings. The standard InChI is InChI=1S/C19H15BrCl2N2O2S/c1-10(2)26-15-7-6-11(8-12(15)20)9-16-18(25)24-19(27-16)23-14-5-3-4-13(21)17(14)22/h3-10H,1-2H3,(H,23,24,25)/b16-9+. The van der Waals surface area contributed by atoms with Gasteiger partial charge in [-0.1, -0.05) is 35.3 Å². The first-order valence-electron chi connectivity index (χ1n) is 8.03. The van der Waals surface area contributed by atoms with Crippen molar-refractivity contribution in [1.82, 2.24) is 5.32 Å². The molecule has 2 aromatic carbocycles. The minimum absolute atomic E-state index is 0.0822. The number of halogens is 3. The molecule has 4 nitrogen and oxygen atoms in total. The molecule has 0 atom stereocenters. The van der Waals surface area contributed by atoms with Crippen LogP contribution >= 0.6 is 50.9 Å². The number of nitrogens with zero attached hydrogens (tertiary/aromatic N) is 1. The molecular formula is C19H15BrCl2N2O2S. The van der Waals surface area contributed by atoms with Gasteiger partial charge in [0.1, 0.15) is 5.75 Å². The van der Waals surface area contributed by atoms with Crippen molar-refractivity contribution in [3.8, 4) is 5.75 Å². The molecule has 140 valence electrons. The molecular weight excluding hydrogens is 471 g/mol. The minimum atomic E-state index is -0.212. The molecule has 0 bridgehead atoms. The zero-order valence-electron chi connectivity index (χ0n) is 14.4. The SMILES string of the molecule is CC(C)Oc1ccc(/C=C2/SC(=Nc3cccc(Cl)c3Cl)NC2=O)cc1Br. The smallest absolute Gasteiger partial charge is 0.264 e. The number of benzene rings is 2. The molecule has 0 aromatic heterocycles. The van der Waals surface area contributed by atoms with Gasteiger partial charge in [-0.2, -0.15) is 0 Å². The number of carbonyl (C=O) groups excluding carboxylic acids is 1. The number of carbonyl (C=O) groups is 1. The van der Waals surface area contributed by atoms with Crippen molar-refractivity contribution in [2.75, 3.05) is 0 Å². The normalized spacial score (nSPS) is 17.0. The largest absolute Gasteiger partial charge is 0.490 e.